The van der Waals surface area contributed by atoms with Crippen LogP contribution in [0.4, 0.5) is 0 Å². The van der Waals surface area contributed by atoms with E-state index in [1.165, 1.54) is 4.57 Å². The predicted molar refractivity (Wildman–Crippen MR) is 86.9 cm³/mol. The van der Waals surface area contributed by atoms with Crippen molar-refractivity contribution in [1.29, 1.82) is 0 Å². The number of fused-ring (bicyclic) bond motifs is 1. The standard InChI is InChI=1S/C16H18N4O3/c21-9-3-1-2-7-20-14-10-12(19-8-6-17-11-19)4-5-13(14)18-15(22)16(20)23/h4-6,8,10-11,21H,1-3,7,9H2,(H,18,22). The number of H-pyrrole nitrogens is 1. The first-order valence-corrected chi connectivity index (χ1v) is 7.57. The quantitative estimate of drug-likeness (QED) is 0.525. The summed E-state index contributed by atoms with van der Waals surface area (Å²) < 4.78 is 3.34. The van der Waals surface area contributed by atoms with Gasteiger partial charge in [-0.3, -0.25) is 9.59 Å². The highest BCUT2D eigenvalue weighted by molar-refractivity contribution is 5.77. The molecule has 0 bridgehead atoms. The van der Waals surface area contributed by atoms with Crippen LogP contribution < -0.4 is 11.1 Å². The third-order valence-electron chi connectivity index (χ3n) is 3.80. The Morgan fingerprint density at radius 3 is 2.78 bits per heavy atom. The van der Waals surface area contributed by atoms with Crippen LogP contribution in [0.25, 0.3) is 16.7 Å². The van der Waals surface area contributed by atoms with Gasteiger partial charge in [-0.15, -0.1) is 0 Å². The number of aromatic nitrogens is 4. The average molecular weight is 314 g/mol. The first-order chi connectivity index (χ1) is 11.2. The normalized spacial score (nSPS) is 11.2. The predicted octanol–water partition coefficient (Wildman–Crippen LogP) is 1.04. The summed E-state index contributed by atoms with van der Waals surface area (Å²) in [5.74, 6) is 0. The molecule has 2 heterocycles. The van der Waals surface area contributed by atoms with Crippen LogP contribution in [0, 0.1) is 0 Å². The van der Waals surface area contributed by atoms with Crippen LogP contribution in [0.3, 0.4) is 0 Å². The van der Waals surface area contributed by atoms with Crippen LogP contribution >= 0.6 is 0 Å². The number of hydrogen-bond donors (Lipinski definition) is 2. The molecule has 0 aliphatic heterocycles. The highest BCUT2D eigenvalue weighted by Gasteiger charge is 2.09. The molecule has 0 aliphatic carbocycles. The second-order valence-electron chi connectivity index (χ2n) is 5.37. The van der Waals surface area contributed by atoms with Crippen molar-refractivity contribution in [2.24, 2.45) is 0 Å². The summed E-state index contributed by atoms with van der Waals surface area (Å²) in [4.78, 5) is 30.6. The van der Waals surface area contributed by atoms with Gasteiger partial charge in [0.05, 0.1) is 17.4 Å². The van der Waals surface area contributed by atoms with E-state index < -0.39 is 11.1 Å². The van der Waals surface area contributed by atoms with Gasteiger partial charge in [-0.25, -0.2) is 4.98 Å². The summed E-state index contributed by atoms with van der Waals surface area (Å²) in [6.45, 7) is 0.586. The van der Waals surface area contributed by atoms with Crippen LogP contribution in [0.2, 0.25) is 0 Å². The fraction of sp³-hybridized carbons (Fsp3) is 0.312. The number of benzene rings is 1. The van der Waals surface area contributed by atoms with Gasteiger partial charge in [0.2, 0.25) is 0 Å². The van der Waals surface area contributed by atoms with Gasteiger partial charge in [0.25, 0.3) is 0 Å². The van der Waals surface area contributed by atoms with Gasteiger partial charge >= 0.3 is 11.1 Å². The minimum atomic E-state index is -0.616. The first kappa shape index (κ1) is 15.2. The van der Waals surface area contributed by atoms with Gasteiger partial charge in [0.15, 0.2) is 0 Å². The zero-order valence-corrected chi connectivity index (χ0v) is 12.6. The van der Waals surface area contributed by atoms with Crippen molar-refractivity contribution in [3.05, 3.63) is 57.6 Å². The van der Waals surface area contributed by atoms with Gasteiger partial charge < -0.3 is 19.2 Å². The zero-order valence-electron chi connectivity index (χ0n) is 12.6. The molecule has 0 spiro atoms. The molecule has 1 aromatic carbocycles. The maximum absolute atomic E-state index is 12.2. The Labute approximate surface area is 131 Å². The molecule has 0 amide bonds. The second kappa shape index (κ2) is 6.62. The van der Waals surface area contributed by atoms with Crippen LogP contribution in [0.15, 0.2) is 46.5 Å². The maximum atomic E-state index is 12.2. The van der Waals surface area contributed by atoms with Crippen molar-refractivity contribution in [2.45, 2.75) is 25.8 Å². The lowest BCUT2D eigenvalue weighted by Gasteiger charge is -2.11. The van der Waals surface area contributed by atoms with Crippen molar-refractivity contribution in [3.8, 4) is 5.69 Å². The lowest BCUT2D eigenvalue weighted by Crippen LogP contribution is -2.36. The van der Waals surface area contributed by atoms with E-state index in [9.17, 15) is 9.59 Å². The van der Waals surface area contributed by atoms with E-state index in [2.05, 4.69) is 9.97 Å². The third-order valence-corrected chi connectivity index (χ3v) is 3.80. The molecule has 23 heavy (non-hydrogen) atoms. The molecule has 0 radical (unpaired) electrons. The second-order valence-corrected chi connectivity index (χ2v) is 5.37. The van der Waals surface area contributed by atoms with E-state index in [0.717, 1.165) is 18.5 Å². The number of aromatic amines is 1. The number of nitrogens with zero attached hydrogens (tertiary/aromatic N) is 3. The molecule has 0 unspecified atom stereocenters. The van der Waals surface area contributed by atoms with Crippen molar-refractivity contribution >= 4 is 11.0 Å². The minimum absolute atomic E-state index is 0.135. The molecule has 0 saturated heterocycles. The Balaban J connectivity index is 2.07. The third kappa shape index (κ3) is 3.09. The van der Waals surface area contributed by atoms with Crippen LogP contribution in [0.1, 0.15) is 19.3 Å². The van der Waals surface area contributed by atoms with E-state index >= 15 is 0 Å². The molecule has 0 fully saturated rings. The number of imidazole rings is 1. The summed E-state index contributed by atoms with van der Waals surface area (Å²) in [6.07, 6.45) is 7.40. The van der Waals surface area contributed by atoms with E-state index in [4.69, 9.17) is 5.11 Å². The number of unbranched alkanes of at least 4 members (excludes halogenated alkanes) is 2. The van der Waals surface area contributed by atoms with Gasteiger partial charge in [-0.2, -0.15) is 0 Å². The zero-order chi connectivity index (χ0) is 16.2. The molecule has 2 aromatic heterocycles. The summed E-state index contributed by atoms with van der Waals surface area (Å²) in [5.41, 5.74) is 1.01. The van der Waals surface area contributed by atoms with E-state index in [0.29, 0.717) is 24.0 Å². The number of rotatable bonds is 6. The number of aliphatic hydroxyl groups is 1. The summed E-state index contributed by atoms with van der Waals surface area (Å²) in [5, 5.41) is 8.84. The fourth-order valence-electron chi connectivity index (χ4n) is 2.61. The van der Waals surface area contributed by atoms with Crippen molar-refractivity contribution in [2.75, 3.05) is 6.61 Å². The van der Waals surface area contributed by atoms with Crippen molar-refractivity contribution < 1.29 is 5.11 Å². The molecule has 0 atom stereocenters. The lowest BCUT2D eigenvalue weighted by molar-refractivity contribution is 0.282. The summed E-state index contributed by atoms with van der Waals surface area (Å²) >= 11 is 0. The Morgan fingerprint density at radius 2 is 2.04 bits per heavy atom. The Bertz CT molecular complexity index is 909. The van der Waals surface area contributed by atoms with Gasteiger partial charge in [0.1, 0.15) is 0 Å². The van der Waals surface area contributed by atoms with Gasteiger partial charge in [-0.05, 0) is 37.5 Å². The smallest absolute Gasteiger partial charge is 0.316 e. The lowest BCUT2D eigenvalue weighted by atomic mass is 10.2. The highest BCUT2D eigenvalue weighted by atomic mass is 16.3. The van der Waals surface area contributed by atoms with Gasteiger partial charge in [-0.1, -0.05) is 0 Å². The average Bonchev–Trinajstić information content (AvgIpc) is 3.09. The molecule has 7 nitrogen and oxygen atoms in total. The van der Waals surface area contributed by atoms with Crippen LogP contribution in [-0.2, 0) is 6.54 Å². The van der Waals surface area contributed by atoms with E-state index in [1.807, 2.05) is 22.9 Å². The first-order valence-electron chi connectivity index (χ1n) is 7.57. The van der Waals surface area contributed by atoms with Gasteiger partial charge in [0, 0.05) is 31.2 Å². The maximum Gasteiger partial charge on any atom is 0.316 e. The van der Waals surface area contributed by atoms with E-state index in [1.54, 1.807) is 18.6 Å². The molecule has 0 aliphatic rings. The minimum Gasteiger partial charge on any atom is -0.396 e. The topological polar surface area (TPSA) is 92.9 Å². The molecule has 120 valence electrons. The monoisotopic (exact) mass is 314 g/mol. The molecule has 3 aromatic rings. The number of hydrogen-bond acceptors (Lipinski definition) is 4. The SMILES string of the molecule is O=c1[nH]c2ccc(-n3ccnc3)cc2n(CCCCCO)c1=O. The Kier molecular flexibility index (Phi) is 4.38. The highest BCUT2D eigenvalue weighted by Crippen LogP contribution is 2.15. The van der Waals surface area contributed by atoms with Crippen molar-refractivity contribution in [1.82, 2.24) is 19.1 Å². The number of nitrogens with one attached hydrogen (secondary N) is 1. The largest absolute Gasteiger partial charge is 0.396 e. The summed E-state index contributed by atoms with van der Waals surface area (Å²) in [7, 11) is 0. The molecule has 0 saturated carbocycles. The Morgan fingerprint density at radius 1 is 1.17 bits per heavy atom. The molecular formula is C16H18N4O3. The molecular weight excluding hydrogens is 296 g/mol. The van der Waals surface area contributed by atoms with Crippen LogP contribution in [-0.4, -0.2) is 30.8 Å². The van der Waals surface area contributed by atoms with Crippen LogP contribution in [0.5, 0.6) is 0 Å². The fourth-order valence-corrected chi connectivity index (χ4v) is 2.61. The summed E-state index contributed by atoms with van der Waals surface area (Å²) in [6, 6.07) is 5.51. The van der Waals surface area contributed by atoms with E-state index in [-0.39, 0.29) is 6.61 Å². The number of aliphatic hydroxyl groups excluding tert-OH is 1. The molecule has 2 N–H and O–H groups in total. The Hall–Kier alpha value is -2.67. The number of aryl methyl sites for hydroxylation is 1. The molecule has 7 heteroatoms. The van der Waals surface area contributed by atoms with Crippen molar-refractivity contribution in [3.63, 3.8) is 0 Å². The molecule has 3 rings (SSSR count).